The standard InChI is InChI=1S/C30H32N2O4/c1-17(33)35-27-14-24-29-19(13-23-25(34)11-18(15-31-3)12-26(23)36-29)7-9-30(24,2)28(27)22-6-4-5-20-16-32-10-8-21(20)22/h4-10,13,16,18,24,27-29,31H,11-12,14-15H2,1-3H3/t18?,24-,27?,28-,29+,30-/m0/s1. The molecule has 2 aromatic rings. The third-order valence-corrected chi connectivity index (χ3v) is 8.64. The molecule has 36 heavy (non-hydrogen) atoms. The van der Waals surface area contributed by atoms with Crippen molar-refractivity contribution in [3.05, 3.63) is 77.4 Å². The number of ketones is 1. The van der Waals surface area contributed by atoms with Gasteiger partial charge in [0, 0.05) is 54.8 Å². The lowest BCUT2D eigenvalue weighted by Crippen LogP contribution is -2.41. The second-order valence-electron chi connectivity index (χ2n) is 10.9. The SMILES string of the molecule is CNCC1CC(=O)C2=C(C1)O[C@@H]1C(=C2)C=C[C@]2(C)[C@@H](c3cccc4cnccc34)C(OC(C)=O)C[C@@H]12. The van der Waals surface area contributed by atoms with Crippen LogP contribution in [0.2, 0.25) is 0 Å². The van der Waals surface area contributed by atoms with Gasteiger partial charge in [0.25, 0.3) is 0 Å². The Morgan fingerprint density at radius 3 is 2.94 bits per heavy atom. The predicted octanol–water partition coefficient (Wildman–Crippen LogP) is 4.62. The van der Waals surface area contributed by atoms with E-state index in [0.29, 0.717) is 12.8 Å². The summed E-state index contributed by atoms with van der Waals surface area (Å²) >= 11 is 0. The number of ether oxygens (including phenoxy) is 2. The molecular formula is C30H32N2O4. The summed E-state index contributed by atoms with van der Waals surface area (Å²) in [6.07, 6.45) is 11.7. The Bertz CT molecular complexity index is 1340. The lowest BCUT2D eigenvalue weighted by molar-refractivity contribution is -0.147. The van der Waals surface area contributed by atoms with E-state index in [1.807, 2.05) is 25.5 Å². The summed E-state index contributed by atoms with van der Waals surface area (Å²) in [6, 6.07) is 8.33. The van der Waals surface area contributed by atoms with Gasteiger partial charge in [-0.2, -0.15) is 0 Å². The number of fused-ring (bicyclic) bond motifs is 4. The summed E-state index contributed by atoms with van der Waals surface area (Å²) in [4.78, 5) is 29.4. The predicted molar refractivity (Wildman–Crippen MR) is 137 cm³/mol. The van der Waals surface area contributed by atoms with Crippen LogP contribution in [-0.2, 0) is 19.1 Å². The first-order valence-corrected chi connectivity index (χ1v) is 12.9. The molecule has 0 saturated heterocycles. The molecule has 6 rings (SSSR count). The van der Waals surface area contributed by atoms with Crippen LogP contribution < -0.4 is 5.32 Å². The van der Waals surface area contributed by atoms with Crippen molar-refractivity contribution >= 4 is 22.5 Å². The Labute approximate surface area is 211 Å². The minimum atomic E-state index is -0.291. The maximum atomic E-state index is 12.9. The number of pyridine rings is 1. The summed E-state index contributed by atoms with van der Waals surface area (Å²) in [6.45, 7) is 4.54. The van der Waals surface area contributed by atoms with Crippen molar-refractivity contribution in [1.29, 1.82) is 0 Å². The molecule has 4 aliphatic rings. The van der Waals surface area contributed by atoms with E-state index in [1.165, 1.54) is 12.5 Å². The average Bonchev–Trinajstić information content (AvgIpc) is 3.14. The largest absolute Gasteiger partial charge is 0.489 e. The van der Waals surface area contributed by atoms with Crippen LogP contribution in [0.4, 0.5) is 0 Å². The molecule has 1 N–H and O–H groups in total. The summed E-state index contributed by atoms with van der Waals surface area (Å²) in [5, 5.41) is 5.41. The van der Waals surface area contributed by atoms with E-state index in [1.54, 1.807) is 0 Å². The highest BCUT2D eigenvalue weighted by Gasteiger charge is 2.58. The van der Waals surface area contributed by atoms with E-state index in [2.05, 4.69) is 53.7 Å². The van der Waals surface area contributed by atoms with Crippen LogP contribution >= 0.6 is 0 Å². The minimum absolute atomic E-state index is 0.0284. The van der Waals surface area contributed by atoms with E-state index in [-0.39, 0.29) is 47.1 Å². The highest BCUT2D eigenvalue weighted by Crippen LogP contribution is 2.61. The topological polar surface area (TPSA) is 77.5 Å². The molecule has 2 heterocycles. The van der Waals surface area contributed by atoms with Gasteiger partial charge in [-0.15, -0.1) is 0 Å². The molecule has 0 amide bonds. The molecule has 1 aromatic heterocycles. The zero-order valence-electron chi connectivity index (χ0n) is 21.0. The van der Waals surface area contributed by atoms with Gasteiger partial charge in [0.2, 0.25) is 0 Å². The second kappa shape index (κ2) is 8.70. The van der Waals surface area contributed by atoms with Crippen LogP contribution in [0.15, 0.2) is 71.8 Å². The van der Waals surface area contributed by atoms with Crippen molar-refractivity contribution in [3.63, 3.8) is 0 Å². The lowest BCUT2D eigenvalue weighted by Gasteiger charge is -2.44. The van der Waals surface area contributed by atoms with E-state index in [0.717, 1.165) is 40.6 Å². The van der Waals surface area contributed by atoms with E-state index >= 15 is 0 Å². The van der Waals surface area contributed by atoms with Crippen molar-refractivity contribution in [1.82, 2.24) is 10.3 Å². The number of nitrogens with one attached hydrogen (secondary N) is 1. The van der Waals surface area contributed by atoms with Crippen LogP contribution in [0, 0.1) is 17.3 Å². The molecule has 2 unspecified atom stereocenters. The molecule has 6 nitrogen and oxygen atoms in total. The smallest absolute Gasteiger partial charge is 0.302 e. The van der Waals surface area contributed by atoms with Gasteiger partial charge in [-0.25, -0.2) is 0 Å². The number of hydrogen-bond donors (Lipinski definition) is 1. The summed E-state index contributed by atoms with van der Waals surface area (Å²) < 4.78 is 12.7. The Morgan fingerprint density at radius 1 is 1.28 bits per heavy atom. The summed E-state index contributed by atoms with van der Waals surface area (Å²) in [7, 11) is 1.92. The fourth-order valence-electron chi connectivity index (χ4n) is 7.11. The summed E-state index contributed by atoms with van der Waals surface area (Å²) in [5.41, 5.74) is 2.65. The van der Waals surface area contributed by atoms with E-state index < -0.39 is 0 Å². The zero-order chi connectivity index (χ0) is 25.0. The van der Waals surface area contributed by atoms with Crippen LogP contribution in [-0.4, -0.2) is 42.5 Å². The van der Waals surface area contributed by atoms with Gasteiger partial charge in [-0.3, -0.25) is 14.6 Å². The first kappa shape index (κ1) is 23.2. The zero-order valence-corrected chi connectivity index (χ0v) is 21.0. The summed E-state index contributed by atoms with van der Waals surface area (Å²) in [5.74, 6) is 1.04. The highest BCUT2D eigenvalue weighted by molar-refractivity contribution is 6.00. The number of rotatable bonds is 4. The molecule has 0 spiro atoms. The Hall–Kier alpha value is -3.25. The maximum Gasteiger partial charge on any atom is 0.302 e. The average molecular weight is 485 g/mol. The second-order valence-corrected chi connectivity index (χ2v) is 10.9. The molecule has 1 saturated carbocycles. The monoisotopic (exact) mass is 484 g/mol. The van der Waals surface area contributed by atoms with Gasteiger partial charge in [0.1, 0.15) is 18.0 Å². The molecule has 0 bridgehead atoms. The Kier molecular flexibility index (Phi) is 5.60. The number of Topliss-reactive ketones (excluding diaryl/α,β-unsaturated/α-hetero) is 1. The number of benzene rings is 1. The third-order valence-electron chi connectivity index (χ3n) is 8.64. The van der Waals surface area contributed by atoms with Crippen LogP contribution in [0.5, 0.6) is 0 Å². The molecular weight excluding hydrogens is 452 g/mol. The molecule has 1 aromatic carbocycles. The molecule has 186 valence electrons. The van der Waals surface area contributed by atoms with Crippen molar-refractivity contribution in [2.75, 3.05) is 13.6 Å². The number of nitrogens with zero attached hydrogens (tertiary/aromatic N) is 1. The number of carbonyl (C=O) groups is 2. The van der Waals surface area contributed by atoms with Crippen LogP contribution in [0.3, 0.4) is 0 Å². The van der Waals surface area contributed by atoms with Crippen molar-refractivity contribution in [3.8, 4) is 0 Å². The quantitative estimate of drug-likeness (QED) is 0.638. The normalized spacial score (nSPS) is 32.9. The van der Waals surface area contributed by atoms with Gasteiger partial charge >= 0.3 is 5.97 Å². The molecule has 6 atom stereocenters. The maximum absolute atomic E-state index is 12.9. The van der Waals surface area contributed by atoms with Crippen molar-refractivity contribution < 1.29 is 19.1 Å². The van der Waals surface area contributed by atoms with Gasteiger partial charge < -0.3 is 14.8 Å². The van der Waals surface area contributed by atoms with Gasteiger partial charge in [0.15, 0.2) is 5.78 Å². The van der Waals surface area contributed by atoms with Crippen LogP contribution in [0.1, 0.15) is 44.6 Å². The number of esters is 1. The molecule has 6 heteroatoms. The van der Waals surface area contributed by atoms with Gasteiger partial charge in [-0.1, -0.05) is 37.3 Å². The van der Waals surface area contributed by atoms with Gasteiger partial charge in [0.05, 0.1) is 5.57 Å². The number of aromatic nitrogens is 1. The highest BCUT2D eigenvalue weighted by atomic mass is 16.5. The molecule has 1 fully saturated rings. The van der Waals surface area contributed by atoms with Crippen molar-refractivity contribution in [2.24, 2.45) is 17.3 Å². The molecule has 0 radical (unpaired) electrons. The molecule has 1 aliphatic heterocycles. The first-order chi connectivity index (χ1) is 17.4. The number of carbonyl (C=O) groups excluding carboxylic acids is 2. The lowest BCUT2D eigenvalue weighted by atomic mass is 9.64. The minimum Gasteiger partial charge on any atom is -0.489 e. The Morgan fingerprint density at radius 2 is 2.14 bits per heavy atom. The van der Waals surface area contributed by atoms with Crippen molar-refractivity contribution in [2.45, 2.75) is 51.2 Å². The van der Waals surface area contributed by atoms with E-state index in [9.17, 15) is 9.59 Å². The Balaban J connectivity index is 1.42. The first-order valence-electron chi connectivity index (χ1n) is 12.9. The van der Waals surface area contributed by atoms with E-state index in [4.69, 9.17) is 9.47 Å². The number of hydrogen-bond acceptors (Lipinski definition) is 6. The number of allylic oxidation sites excluding steroid dienone is 4. The third kappa shape index (κ3) is 3.62. The van der Waals surface area contributed by atoms with Gasteiger partial charge in [-0.05, 0) is 54.6 Å². The fourth-order valence-corrected chi connectivity index (χ4v) is 7.11. The molecule has 3 aliphatic carbocycles. The fraction of sp³-hybridized carbons (Fsp3) is 0.433. The van der Waals surface area contributed by atoms with Crippen LogP contribution in [0.25, 0.3) is 10.8 Å².